The predicted octanol–water partition coefficient (Wildman–Crippen LogP) is 19.0. The molecule has 5 aliphatic heterocycles. The van der Waals surface area contributed by atoms with Gasteiger partial charge in [0.25, 0.3) is 27.8 Å². The normalized spacial score (nSPS) is 18.2. The third kappa shape index (κ3) is 27.6. The van der Waals surface area contributed by atoms with Gasteiger partial charge in [-0.3, -0.25) is 47.9 Å². The van der Waals surface area contributed by atoms with Crippen molar-refractivity contribution in [1.82, 2.24) is 51.5 Å². The molecule has 10 N–H and O–H groups in total. The number of carbonyl (C=O) groups is 5. The SMILES string of the molecule is CC(C)Cc1ccc(/C(=C\[C@H]2CCC(=O)N2)c2ccc(Cl)c(=O)[nH]2)cc1.CC(C)Oc1ccc(/C(=C\[C@H]2CCC(=O)N2)c2ccc(Cl)c(=O)[nH]2)cc1Cl.COc1ccc(/C(=C\[C@H]2CCC(=O)N2)c2ccc(Cl)c(=O)[nH]2)cc1.Cc1ccc(/C(=C\[C@H]2CCC(=O)N2)c2ccc(Cl)c(=O)[nH]2)c(C)c1.O=C1CC[C@H](/C=C(\c2ccc(SC3CCCC3)cc2)c2ccc(Cl)c(=O)[nH]2)N1. The Morgan fingerprint density at radius 1 is 0.372 bits per heavy atom. The molecular formula is C100H102Cl6N10O12S. The quantitative estimate of drug-likeness (QED) is 0.0302. The van der Waals surface area contributed by atoms with Gasteiger partial charge in [-0.1, -0.05) is 205 Å². The van der Waals surface area contributed by atoms with E-state index in [0.717, 1.165) is 104 Å². The molecule has 0 bridgehead atoms. The van der Waals surface area contributed by atoms with Crippen LogP contribution >= 0.6 is 81.4 Å². The Hall–Kier alpha value is -11.4. The van der Waals surface area contributed by atoms with Crippen molar-refractivity contribution in [2.45, 2.75) is 184 Å². The Labute approximate surface area is 782 Å². The Kier molecular flexibility index (Phi) is 34.3. The van der Waals surface area contributed by atoms with Gasteiger partial charge in [-0.2, -0.15) is 0 Å². The van der Waals surface area contributed by atoms with Crippen LogP contribution in [0.1, 0.15) is 191 Å². The van der Waals surface area contributed by atoms with Crippen molar-refractivity contribution in [3.8, 4) is 11.5 Å². The maximum absolute atomic E-state index is 12.0. The van der Waals surface area contributed by atoms with Crippen LogP contribution in [0.15, 0.2) is 229 Å². The summed E-state index contributed by atoms with van der Waals surface area (Å²) >= 11 is 37.6. The van der Waals surface area contributed by atoms with E-state index < -0.39 is 0 Å². The molecule has 16 rings (SSSR count). The number of aryl methyl sites for hydroxylation is 2. The number of rotatable bonds is 22. The van der Waals surface area contributed by atoms with E-state index in [9.17, 15) is 47.9 Å². The fraction of sp³-hybridized carbons (Fsp3) is 0.300. The standard InChI is InChI=1S/C22H23ClN2O2S.C21H23ClN2O2.C20H20Cl2N2O3.C19H19ClN2O2.C18H17ClN2O3/c23-19-10-11-20(25-22(19)27)18(13-15-7-12-21(26)24-15)14-5-8-17(9-6-14)28-16-3-1-2-4-16;1-13(2)11-14-3-5-15(6-4-14)17(12-16-7-10-20(25)23-16)19-9-8-18(22)21(26)24-19;1-11(2)27-18-7-3-12(9-16(18)22)14(10-13-4-8-19(25)23-13)17-6-5-15(21)20(26)24-17;1-11-3-5-14(12(2)9-11)15(10-13-4-8-18(23)21-13)17-7-6-16(20)19(24)22-17;1-24-13-5-2-11(3-6-13)14(10-12-4-9-17(22)20-12)16-8-7-15(19)18(23)21-16/h5-6,8-11,13,15-16H,1-4,7,12H2,(H,24,26)(H,25,27);3-6,8-9,12-13,16H,7,10-11H2,1-2H3,(H,23,25)(H,24,26);3,5-7,9-11,13H,4,8H2,1-2H3,(H,23,25)(H,24,26);3,5-7,9-10,13H,4,8H2,1-2H3,(H,21,23)(H,22,24);2-3,5-8,10,12H,4,9H2,1H3,(H,20,22)(H,21,23)/b18-13+;17-12+;14-10+;15-10+;14-10+/t15-;16-;2*13-;12-/m11111/s1. The molecule has 10 heterocycles. The first-order valence-corrected chi connectivity index (χ1v) is 46.1. The molecule has 5 saturated heterocycles. The molecule has 5 amide bonds. The van der Waals surface area contributed by atoms with Crippen molar-refractivity contribution in [3.05, 3.63) is 355 Å². The maximum Gasteiger partial charge on any atom is 0.267 e. The van der Waals surface area contributed by atoms with Gasteiger partial charge in [0, 0.05) is 129 Å². The predicted molar refractivity (Wildman–Crippen MR) is 517 cm³/mol. The van der Waals surface area contributed by atoms with Gasteiger partial charge in [-0.25, -0.2) is 0 Å². The molecule has 5 aromatic heterocycles. The van der Waals surface area contributed by atoms with Crippen LogP contribution in [-0.4, -0.2) is 103 Å². The number of aromatic nitrogens is 5. The van der Waals surface area contributed by atoms with Crippen LogP contribution in [0.3, 0.4) is 0 Å². The second kappa shape index (κ2) is 45.7. The molecule has 5 atom stereocenters. The molecular weight excluding hydrogens is 1780 g/mol. The van der Waals surface area contributed by atoms with Crippen molar-refractivity contribution < 1.29 is 33.4 Å². The van der Waals surface area contributed by atoms with E-state index in [2.05, 4.69) is 120 Å². The lowest BCUT2D eigenvalue weighted by Gasteiger charge is -2.15. The van der Waals surface area contributed by atoms with Crippen LogP contribution in [0, 0.1) is 19.8 Å². The van der Waals surface area contributed by atoms with Crippen molar-refractivity contribution in [3.63, 3.8) is 0 Å². The smallest absolute Gasteiger partial charge is 0.267 e. The van der Waals surface area contributed by atoms with Crippen molar-refractivity contribution in [2.75, 3.05) is 7.11 Å². The molecule has 1 saturated carbocycles. The summed E-state index contributed by atoms with van der Waals surface area (Å²) in [5.41, 5.74) is 14.3. The Morgan fingerprint density at radius 2 is 0.698 bits per heavy atom. The van der Waals surface area contributed by atoms with Gasteiger partial charge in [0.1, 0.15) is 36.6 Å². The number of hydrogen-bond acceptors (Lipinski definition) is 13. The lowest BCUT2D eigenvalue weighted by atomic mass is 9.94. The fourth-order valence-corrected chi connectivity index (χ4v) is 17.7. The molecule has 6 fully saturated rings. The van der Waals surface area contributed by atoms with Gasteiger partial charge in [0.05, 0.1) is 18.2 Å². The number of H-pyrrole nitrogens is 5. The zero-order valence-corrected chi connectivity index (χ0v) is 77.7. The number of benzene rings is 5. The number of pyridine rings is 5. The minimum atomic E-state index is -0.374. The number of carbonyl (C=O) groups excluding carboxylic acids is 5. The molecule has 6 aliphatic rings. The number of amides is 5. The Morgan fingerprint density at radius 3 is 1.01 bits per heavy atom. The number of thioether (sulfide) groups is 1. The molecule has 0 spiro atoms. The highest BCUT2D eigenvalue weighted by Crippen LogP contribution is 2.38. The summed E-state index contributed by atoms with van der Waals surface area (Å²) in [6.45, 7) is 12.3. The third-order valence-electron chi connectivity index (χ3n) is 22.1. The molecule has 672 valence electrons. The van der Waals surface area contributed by atoms with Crippen LogP contribution in [0.5, 0.6) is 11.5 Å². The van der Waals surface area contributed by atoms with Crippen molar-refractivity contribution in [2.24, 2.45) is 5.92 Å². The molecule has 29 heteroatoms. The molecule has 10 aromatic rings. The second-order valence-corrected chi connectivity index (χ2v) is 36.7. The zero-order chi connectivity index (χ0) is 92.1. The average Bonchev–Trinajstić information content (AvgIpc) is 1.83. The fourth-order valence-electron chi connectivity index (χ4n) is 15.7. The largest absolute Gasteiger partial charge is 0.497 e. The Bertz CT molecular complexity index is 6250. The monoisotopic (exact) mass is 1880 g/mol. The van der Waals surface area contributed by atoms with Crippen LogP contribution in [0.4, 0.5) is 0 Å². The topological polar surface area (TPSA) is 328 Å². The summed E-state index contributed by atoms with van der Waals surface area (Å²) in [5.74, 6) is 2.16. The third-order valence-corrected chi connectivity index (χ3v) is 25.2. The van der Waals surface area contributed by atoms with E-state index in [1.165, 1.54) is 41.7 Å². The highest BCUT2D eigenvalue weighted by Gasteiger charge is 2.28. The first-order valence-electron chi connectivity index (χ1n) is 42.9. The summed E-state index contributed by atoms with van der Waals surface area (Å²) in [6.07, 6.45) is 22.5. The van der Waals surface area contributed by atoms with E-state index in [4.69, 9.17) is 79.1 Å². The highest BCUT2D eigenvalue weighted by molar-refractivity contribution is 8.00. The summed E-state index contributed by atoms with van der Waals surface area (Å²) in [7, 11) is 1.61. The summed E-state index contributed by atoms with van der Waals surface area (Å²) in [6, 6.07) is 52.6. The number of halogens is 6. The first kappa shape index (κ1) is 96.7. The number of ether oxygens (including phenoxy) is 2. The Balaban J connectivity index is 0.000000146. The van der Waals surface area contributed by atoms with Gasteiger partial charge >= 0.3 is 0 Å². The summed E-state index contributed by atoms with van der Waals surface area (Å²) in [4.78, 5) is 133. The lowest BCUT2D eigenvalue weighted by molar-refractivity contribution is -0.120. The van der Waals surface area contributed by atoms with Crippen molar-refractivity contribution >= 4 is 139 Å². The molecule has 0 unspecified atom stereocenters. The van der Waals surface area contributed by atoms with Crippen LogP contribution in [-0.2, 0) is 30.4 Å². The first-order chi connectivity index (χ1) is 61.8. The molecule has 22 nitrogen and oxygen atoms in total. The van der Waals surface area contributed by atoms with Gasteiger partial charge in [0.2, 0.25) is 29.5 Å². The molecule has 0 radical (unpaired) electrons. The second-order valence-electron chi connectivity index (χ2n) is 32.9. The number of hydrogen-bond donors (Lipinski definition) is 10. The number of methoxy groups -OCH3 is 1. The van der Waals surface area contributed by atoms with E-state index in [1.807, 2.05) is 118 Å². The van der Waals surface area contributed by atoms with E-state index in [1.54, 1.807) is 73.8 Å². The highest BCUT2D eigenvalue weighted by atomic mass is 35.5. The van der Waals surface area contributed by atoms with E-state index >= 15 is 0 Å². The van der Waals surface area contributed by atoms with Crippen molar-refractivity contribution in [1.29, 1.82) is 0 Å². The van der Waals surface area contributed by atoms with Crippen LogP contribution in [0.2, 0.25) is 30.1 Å². The van der Waals surface area contributed by atoms with Gasteiger partial charge in [-0.15, -0.1) is 11.8 Å². The lowest BCUT2D eigenvalue weighted by Crippen LogP contribution is -2.23. The van der Waals surface area contributed by atoms with E-state index in [-0.39, 0.29) is 119 Å². The van der Waals surface area contributed by atoms with Crippen LogP contribution < -0.4 is 63.9 Å². The molecule has 1 aliphatic carbocycles. The summed E-state index contributed by atoms with van der Waals surface area (Å²) < 4.78 is 10.9. The van der Waals surface area contributed by atoms with Crippen LogP contribution in [0.25, 0.3) is 27.9 Å². The number of nitrogens with one attached hydrogen (secondary N) is 10. The van der Waals surface area contributed by atoms with E-state index in [0.29, 0.717) is 83.7 Å². The zero-order valence-electron chi connectivity index (χ0n) is 72.4. The minimum absolute atomic E-state index is 0.00434. The average molecular weight is 1880 g/mol. The minimum Gasteiger partial charge on any atom is -0.497 e. The molecule has 129 heavy (non-hydrogen) atoms. The van der Waals surface area contributed by atoms with Gasteiger partial charge in [-0.05, 0) is 221 Å². The molecule has 5 aromatic carbocycles. The maximum atomic E-state index is 12.0. The van der Waals surface area contributed by atoms with Gasteiger partial charge in [0.15, 0.2) is 0 Å². The summed E-state index contributed by atoms with van der Waals surface area (Å²) in [5, 5.41) is 16.6. The number of aromatic amines is 5. The van der Waals surface area contributed by atoms with Gasteiger partial charge < -0.3 is 61.0 Å².